The van der Waals surface area contributed by atoms with E-state index in [1.807, 2.05) is 6.07 Å². The third-order valence-electron chi connectivity index (χ3n) is 3.91. The van der Waals surface area contributed by atoms with Crippen molar-refractivity contribution in [3.8, 4) is 5.75 Å². The summed E-state index contributed by atoms with van der Waals surface area (Å²) in [7, 11) is 3.77. The molecule has 1 N–H and O–H groups in total. The Balaban J connectivity index is 2.01. The van der Waals surface area contributed by atoms with Gasteiger partial charge >= 0.3 is 0 Å². The number of aliphatic hydroxyl groups is 1. The lowest BCUT2D eigenvalue weighted by atomic mass is 9.91. The predicted molar refractivity (Wildman–Crippen MR) is 80.4 cm³/mol. The molecule has 106 valence electrons. The van der Waals surface area contributed by atoms with Crippen molar-refractivity contribution in [2.24, 2.45) is 0 Å². The molecule has 0 heterocycles. The molecule has 0 aliphatic heterocycles. The molecule has 2 unspecified atom stereocenters. The van der Waals surface area contributed by atoms with Crippen LogP contribution in [0.5, 0.6) is 5.75 Å². The number of likely N-dealkylation sites (N-methyl/N-ethyl adjacent to an activating group) is 1. The molecule has 0 spiro atoms. The summed E-state index contributed by atoms with van der Waals surface area (Å²) in [5.74, 6) is 0.851. The molecule has 0 aromatic heterocycles. The largest absolute Gasteiger partial charge is 0.496 e. The second kappa shape index (κ2) is 6.73. The Morgan fingerprint density at radius 3 is 2.74 bits per heavy atom. The molecule has 1 aliphatic rings. The second-order valence-electron chi connectivity index (χ2n) is 5.30. The van der Waals surface area contributed by atoms with Gasteiger partial charge in [0.1, 0.15) is 5.75 Å². The first-order valence-corrected chi connectivity index (χ1v) is 7.62. The highest BCUT2D eigenvalue weighted by Gasteiger charge is 2.26. The lowest BCUT2D eigenvalue weighted by molar-refractivity contribution is 0.0288. The fraction of sp³-hybridized carbons (Fsp3) is 0.600. The summed E-state index contributed by atoms with van der Waals surface area (Å²) < 4.78 is 6.21. The van der Waals surface area contributed by atoms with Gasteiger partial charge in [-0.25, -0.2) is 0 Å². The topological polar surface area (TPSA) is 32.7 Å². The maximum absolute atomic E-state index is 10.1. The zero-order chi connectivity index (χ0) is 13.8. The fourth-order valence-corrected chi connectivity index (χ4v) is 3.41. The summed E-state index contributed by atoms with van der Waals surface area (Å²) in [4.78, 5) is 2.26. The molecule has 2 rings (SSSR count). The van der Waals surface area contributed by atoms with E-state index in [4.69, 9.17) is 4.74 Å². The highest BCUT2D eigenvalue weighted by Crippen LogP contribution is 2.27. The van der Waals surface area contributed by atoms with Gasteiger partial charge < -0.3 is 9.84 Å². The Kier molecular flexibility index (Phi) is 5.25. The zero-order valence-electron chi connectivity index (χ0n) is 11.6. The van der Waals surface area contributed by atoms with Crippen LogP contribution in [-0.4, -0.2) is 36.3 Å². The first-order valence-electron chi connectivity index (χ1n) is 6.82. The van der Waals surface area contributed by atoms with Crippen LogP contribution in [0.25, 0.3) is 0 Å². The number of aliphatic hydroxyl groups excluding tert-OH is 1. The summed E-state index contributed by atoms with van der Waals surface area (Å²) in [5.41, 5.74) is 1.23. The number of halogens is 1. The fourth-order valence-electron chi connectivity index (χ4n) is 2.82. The van der Waals surface area contributed by atoms with E-state index in [0.29, 0.717) is 0 Å². The van der Waals surface area contributed by atoms with Crippen molar-refractivity contribution in [1.29, 1.82) is 0 Å². The van der Waals surface area contributed by atoms with Gasteiger partial charge in [-0.3, -0.25) is 4.90 Å². The molecule has 3 nitrogen and oxygen atoms in total. The molecule has 1 aromatic rings. The van der Waals surface area contributed by atoms with Gasteiger partial charge in [-0.1, -0.05) is 18.9 Å². The van der Waals surface area contributed by atoms with E-state index in [-0.39, 0.29) is 12.1 Å². The Labute approximate surface area is 123 Å². The van der Waals surface area contributed by atoms with Crippen LogP contribution >= 0.6 is 15.9 Å². The molecule has 0 saturated heterocycles. The van der Waals surface area contributed by atoms with Crippen molar-refractivity contribution in [3.05, 3.63) is 28.2 Å². The third-order valence-corrected chi connectivity index (χ3v) is 4.53. The molecule has 4 heteroatoms. The molecule has 1 aliphatic carbocycles. The molecule has 1 fully saturated rings. The highest BCUT2D eigenvalue weighted by molar-refractivity contribution is 9.10. The van der Waals surface area contributed by atoms with E-state index < -0.39 is 0 Å². The number of rotatable bonds is 4. The zero-order valence-corrected chi connectivity index (χ0v) is 13.2. The molecule has 19 heavy (non-hydrogen) atoms. The van der Waals surface area contributed by atoms with Gasteiger partial charge in [0.15, 0.2) is 0 Å². The quantitative estimate of drug-likeness (QED) is 0.921. The Morgan fingerprint density at radius 2 is 2.11 bits per heavy atom. The first-order chi connectivity index (χ1) is 9.11. The molecular weight excluding hydrogens is 306 g/mol. The average Bonchev–Trinajstić information content (AvgIpc) is 2.39. The van der Waals surface area contributed by atoms with E-state index in [9.17, 15) is 5.11 Å². The van der Waals surface area contributed by atoms with Gasteiger partial charge in [0.25, 0.3) is 0 Å². The second-order valence-corrected chi connectivity index (χ2v) is 6.16. The maximum Gasteiger partial charge on any atom is 0.133 e. The predicted octanol–water partition coefficient (Wildman–Crippen LogP) is 3.19. The summed E-state index contributed by atoms with van der Waals surface area (Å²) in [6.45, 7) is 0.852. The van der Waals surface area contributed by atoms with E-state index in [1.54, 1.807) is 7.11 Å². The molecule has 1 saturated carbocycles. The maximum atomic E-state index is 10.1. The standard InChI is InChI=1S/C15H22BrNO2/c1-17(13-5-3-4-6-14(13)18)10-11-7-8-15(19-2)12(16)9-11/h7-9,13-14,18H,3-6,10H2,1-2H3. The number of benzene rings is 1. The summed E-state index contributed by atoms with van der Waals surface area (Å²) in [5, 5.41) is 10.1. The van der Waals surface area contributed by atoms with Gasteiger partial charge in [-0.2, -0.15) is 0 Å². The van der Waals surface area contributed by atoms with Crippen LogP contribution in [0, 0.1) is 0 Å². The van der Waals surface area contributed by atoms with E-state index in [1.165, 1.54) is 12.0 Å². The Hall–Kier alpha value is -0.580. The van der Waals surface area contributed by atoms with Crippen LogP contribution in [0.1, 0.15) is 31.2 Å². The average molecular weight is 328 g/mol. The van der Waals surface area contributed by atoms with Gasteiger partial charge in [0.05, 0.1) is 17.7 Å². The number of nitrogens with zero attached hydrogens (tertiary/aromatic N) is 1. The van der Waals surface area contributed by atoms with Crippen molar-refractivity contribution >= 4 is 15.9 Å². The van der Waals surface area contributed by atoms with E-state index >= 15 is 0 Å². The number of methoxy groups -OCH3 is 1. The summed E-state index contributed by atoms with van der Waals surface area (Å²) in [6.07, 6.45) is 4.22. The molecule has 0 radical (unpaired) electrons. The highest BCUT2D eigenvalue weighted by atomic mass is 79.9. The van der Waals surface area contributed by atoms with Crippen LogP contribution in [0.4, 0.5) is 0 Å². The molecule has 1 aromatic carbocycles. The van der Waals surface area contributed by atoms with Crippen LogP contribution in [0.15, 0.2) is 22.7 Å². The Morgan fingerprint density at radius 1 is 1.37 bits per heavy atom. The van der Waals surface area contributed by atoms with E-state index in [2.05, 4.69) is 40.0 Å². The smallest absolute Gasteiger partial charge is 0.133 e. The minimum atomic E-state index is -0.180. The third kappa shape index (κ3) is 3.71. The van der Waals surface area contributed by atoms with Crippen molar-refractivity contribution < 1.29 is 9.84 Å². The lowest BCUT2D eigenvalue weighted by Crippen LogP contribution is -2.42. The minimum absolute atomic E-state index is 0.180. The Bertz CT molecular complexity index is 425. The lowest BCUT2D eigenvalue weighted by Gasteiger charge is -2.35. The van der Waals surface area contributed by atoms with Crippen LogP contribution in [0.2, 0.25) is 0 Å². The van der Waals surface area contributed by atoms with Crippen molar-refractivity contribution in [3.63, 3.8) is 0 Å². The van der Waals surface area contributed by atoms with Gasteiger partial charge in [-0.05, 0) is 53.5 Å². The minimum Gasteiger partial charge on any atom is -0.496 e. The molecular formula is C15H22BrNO2. The van der Waals surface area contributed by atoms with Crippen LogP contribution in [-0.2, 0) is 6.54 Å². The SMILES string of the molecule is COc1ccc(CN(C)C2CCCCC2O)cc1Br. The van der Waals surface area contributed by atoms with Crippen LogP contribution < -0.4 is 4.74 Å². The van der Waals surface area contributed by atoms with Crippen molar-refractivity contribution in [1.82, 2.24) is 4.90 Å². The number of ether oxygens (including phenoxy) is 1. The summed E-state index contributed by atoms with van der Waals surface area (Å²) >= 11 is 3.51. The van der Waals surface area contributed by atoms with Gasteiger partial charge in [0, 0.05) is 12.6 Å². The van der Waals surface area contributed by atoms with E-state index in [0.717, 1.165) is 36.0 Å². The summed E-state index contributed by atoms with van der Waals surface area (Å²) in [6, 6.07) is 6.43. The first kappa shape index (κ1) is 14.8. The van der Waals surface area contributed by atoms with Crippen molar-refractivity contribution in [2.75, 3.05) is 14.2 Å². The number of hydrogen-bond acceptors (Lipinski definition) is 3. The monoisotopic (exact) mass is 327 g/mol. The number of hydrogen-bond donors (Lipinski definition) is 1. The van der Waals surface area contributed by atoms with Crippen LogP contribution in [0.3, 0.4) is 0 Å². The molecule has 0 bridgehead atoms. The molecule has 0 amide bonds. The van der Waals surface area contributed by atoms with Gasteiger partial charge in [0.2, 0.25) is 0 Å². The van der Waals surface area contributed by atoms with Crippen molar-refractivity contribution in [2.45, 2.75) is 44.4 Å². The van der Waals surface area contributed by atoms with Gasteiger partial charge in [-0.15, -0.1) is 0 Å². The molecule has 2 atom stereocenters. The normalized spacial score (nSPS) is 23.6.